The summed E-state index contributed by atoms with van der Waals surface area (Å²) in [6, 6.07) is 0. The predicted molar refractivity (Wildman–Crippen MR) is 57.7 cm³/mol. The van der Waals surface area contributed by atoms with Gasteiger partial charge in [-0.15, -0.1) is 11.3 Å². The first-order chi connectivity index (χ1) is 6.59. The van der Waals surface area contributed by atoms with E-state index in [0.29, 0.717) is 12.2 Å². The third kappa shape index (κ3) is 3.43. The lowest BCUT2D eigenvalue weighted by molar-refractivity contribution is 0.0946. The van der Waals surface area contributed by atoms with E-state index in [4.69, 9.17) is 0 Å². The Balaban J connectivity index is 2.36. The van der Waals surface area contributed by atoms with Crippen molar-refractivity contribution in [2.24, 2.45) is 0 Å². The lowest BCUT2D eigenvalue weighted by atomic mass is 10.4. The second kappa shape index (κ2) is 5.07. The molecule has 1 heterocycles. The minimum atomic E-state index is -0.0869. The molecule has 0 atom stereocenters. The Morgan fingerprint density at radius 1 is 1.64 bits per heavy atom. The highest BCUT2D eigenvalue weighted by molar-refractivity contribution is 7.09. The zero-order valence-electron chi connectivity index (χ0n) is 8.70. The van der Waals surface area contributed by atoms with Crippen molar-refractivity contribution in [2.45, 2.75) is 6.92 Å². The molecule has 1 amide bonds. The Bertz CT molecular complexity index is 309. The van der Waals surface area contributed by atoms with Gasteiger partial charge in [-0.1, -0.05) is 0 Å². The Morgan fingerprint density at radius 3 is 2.86 bits per heavy atom. The second-order valence-electron chi connectivity index (χ2n) is 3.31. The van der Waals surface area contributed by atoms with E-state index in [2.05, 4.69) is 10.3 Å². The van der Waals surface area contributed by atoms with Crippen molar-refractivity contribution in [2.75, 3.05) is 27.2 Å². The maximum absolute atomic E-state index is 11.5. The molecule has 0 fully saturated rings. The van der Waals surface area contributed by atoms with Crippen LogP contribution in [0.5, 0.6) is 0 Å². The number of nitrogens with one attached hydrogen (secondary N) is 1. The SMILES string of the molecule is Cc1nc(C(=O)NCCN(C)C)cs1. The monoisotopic (exact) mass is 213 g/mol. The van der Waals surface area contributed by atoms with Crippen LogP contribution in [0.15, 0.2) is 5.38 Å². The molecule has 0 bridgehead atoms. The van der Waals surface area contributed by atoms with Crippen LogP contribution >= 0.6 is 11.3 Å². The van der Waals surface area contributed by atoms with Crippen molar-refractivity contribution in [3.63, 3.8) is 0 Å². The molecule has 0 saturated heterocycles. The molecule has 0 spiro atoms. The van der Waals surface area contributed by atoms with Crippen molar-refractivity contribution in [3.8, 4) is 0 Å². The third-order valence-corrected chi connectivity index (χ3v) is 2.47. The molecule has 1 N–H and O–H groups in total. The third-order valence-electron chi connectivity index (χ3n) is 1.70. The van der Waals surface area contributed by atoms with Gasteiger partial charge in [0.25, 0.3) is 5.91 Å². The number of amides is 1. The van der Waals surface area contributed by atoms with Gasteiger partial charge >= 0.3 is 0 Å². The van der Waals surface area contributed by atoms with E-state index in [9.17, 15) is 4.79 Å². The topological polar surface area (TPSA) is 45.2 Å². The van der Waals surface area contributed by atoms with Crippen LogP contribution in [0.4, 0.5) is 0 Å². The van der Waals surface area contributed by atoms with Gasteiger partial charge in [-0.2, -0.15) is 0 Å². The zero-order chi connectivity index (χ0) is 10.6. The van der Waals surface area contributed by atoms with Crippen LogP contribution < -0.4 is 5.32 Å². The lowest BCUT2D eigenvalue weighted by Crippen LogP contribution is -2.31. The summed E-state index contributed by atoms with van der Waals surface area (Å²) in [5, 5.41) is 5.50. The molecule has 78 valence electrons. The van der Waals surface area contributed by atoms with Gasteiger partial charge in [-0.3, -0.25) is 4.79 Å². The number of thiazole rings is 1. The fraction of sp³-hybridized carbons (Fsp3) is 0.556. The minimum absolute atomic E-state index is 0.0869. The van der Waals surface area contributed by atoms with Crippen molar-refractivity contribution >= 4 is 17.2 Å². The van der Waals surface area contributed by atoms with Gasteiger partial charge in [0.15, 0.2) is 0 Å². The molecule has 0 saturated carbocycles. The highest BCUT2D eigenvalue weighted by atomic mass is 32.1. The Morgan fingerprint density at radius 2 is 2.36 bits per heavy atom. The molecular formula is C9H15N3OS. The van der Waals surface area contributed by atoms with Crippen molar-refractivity contribution in [1.82, 2.24) is 15.2 Å². The van der Waals surface area contributed by atoms with Gasteiger partial charge in [0, 0.05) is 18.5 Å². The molecule has 0 aliphatic carbocycles. The van der Waals surface area contributed by atoms with Gasteiger partial charge < -0.3 is 10.2 Å². The number of aryl methyl sites for hydroxylation is 1. The molecular weight excluding hydrogens is 198 g/mol. The average molecular weight is 213 g/mol. The summed E-state index contributed by atoms with van der Waals surface area (Å²) < 4.78 is 0. The van der Waals surface area contributed by atoms with E-state index in [1.165, 1.54) is 11.3 Å². The van der Waals surface area contributed by atoms with E-state index in [1.807, 2.05) is 25.9 Å². The molecule has 1 rings (SSSR count). The van der Waals surface area contributed by atoms with Crippen LogP contribution in [0.25, 0.3) is 0 Å². The van der Waals surface area contributed by atoms with Crippen LogP contribution in [0, 0.1) is 6.92 Å². The molecule has 0 unspecified atom stereocenters. The summed E-state index contributed by atoms with van der Waals surface area (Å²) in [6.45, 7) is 3.39. The first-order valence-electron chi connectivity index (χ1n) is 4.44. The molecule has 0 aromatic carbocycles. The predicted octanol–water partition coefficient (Wildman–Crippen LogP) is 0.743. The largest absolute Gasteiger partial charge is 0.349 e. The van der Waals surface area contributed by atoms with Gasteiger partial charge in [0.2, 0.25) is 0 Å². The van der Waals surface area contributed by atoms with E-state index in [0.717, 1.165) is 11.6 Å². The number of nitrogens with zero attached hydrogens (tertiary/aromatic N) is 2. The Hall–Kier alpha value is -0.940. The number of rotatable bonds is 4. The maximum atomic E-state index is 11.5. The standard InChI is InChI=1S/C9H15N3OS/c1-7-11-8(6-14-7)9(13)10-4-5-12(2)3/h6H,4-5H2,1-3H3,(H,10,13). The summed E-state index contributed by atoms with van der Waals surface area (Å²) in [4.78, 5) is 17.6. The molecule has 1 aromatic heterocycles. The number of hydrogen-bond donors (Lipinski definition) is 1. The highest BCUT2D eigenvalue weighted by Gasteiger charge is 2.07. The van der Waals surface area contributed by atoms with Gasteiger partial charge in [-0.05, 0) is 21.0 Å². The summed E-state index contributed by atoms with van der Waals surface area (Å²) in [7, 11) is 3.94. The molecule has 0 aliphatic rings. The van der Waals surface area contributed by atoms with Crippen LogP contribution in [0.2, 0.25) is 0 Å². The number of aromatic nitrogens is 1. The Kier molecular flexibility index (Phi) is 4.03. The molecule has 5 heteroatoms. The quantitative estimate of drug-likeness (QED) is 0.802. The molecule has 0 aliphatic heterocycles. The number of likely N-dealkylation sites (N-methyl/N-ethyl adjacent to an activating group) is 1. The number of hydrogen-bond acceptors (Lipinski definition) is 4. The second-order valence-corrected chi connectivity index (χ2v) is 4.37. The van der Waals surface area contributed by atoms with Crippen molar-refractivity contribution < 1.29 is 4.79 Å². The molecule has 0 radical (unpaired) electrons. The van der Waals surface area contributed by atoms with E-state index in [1.54, 1.807) is 5.38 Å². The fourth-order valence-corrected chi connectivity index (χ4v) is 1.54. The fourth-order valence-electron chi connectivity index (χ4n) is 0.951. The maximum Gasteiger partial charge on any atom is 0.270 e. The molecule has 14 heavy (non-hydrogen) atoms. The van der Waals surface area contributed by atoms with Crippen LogP contribution in [-0.2, 0) is 0 Å². The normalized spacial score (nSPS) is 10.6. The molecule has 1 aromatic rings. The van der Waals surface area contributed by atoms with Crippen LogP contribution in [0.1, 0.15) is 15.5 Å². The van der Waals surface area contributed by atoms with Crippen molar-refractivity contribution in [1.29, 1.82) is 0 Å². The summed E-state index contributed by atoms with van der Waals surface area (Å²) >= 11 is 1.49. The van der Waals surface area contributed by atoms with Gasteiger partial charge in [0.1, 0.15) is 5.69 Å². The lowest BCUT2D eigenvalue weighted by Gasteiger charge is -2.09. The minimum Gasteiger partial charge on any atom is -0.349 e. The zero-order valence-corrected chi connectivity index (χ0v) is 9.52. The van der Waals surface area contributed by atoms with Crippen LogP contribution in [-0.4, -0.2) is 43.0 Å². The number of carbonyl (C=O) groups is 1. The summed E-state index contributed by atoms with van der Waals surface area (Å²) in [6.07, 6.45) is 0. The summed E-state index contributed by atoms with van der Waals surface area (Å²) in [5.41, 5.74) is 0.520. The van der Waals surface area contributed by atoms with Crippen LogP contribution in [0.3, 0.4) is 0 Å². The molecule has 4 nitrogen and oxygen atoms in total. The van der Waals surface area contributed by atoms with Crippen molar-refractivity contribution in [3.05, 3.63) is 16.1 Å². The average Bonchev–Trinajstić information content (AvgIpc) is 2.51. The van der Waals surface area contributed by atoms with E-state index >= 15 is 0 Å². The smallest absolute Gasteiger partial charge is 0.270 e. The first-order valence-corrected chi connectivity index (χ1v) is 5.32. The van der Waals surface area contributed by atoms with E-state index < -0.39 is 0 Å². The summed E-state index contributed by atoms with van der Waals surface area (Å²) in [5.74, 6) is -0.0869. The number of carbonyl (C=O) groups excluding carboxylic acids is 1. The van der Waals surface area contributed by atoms with E-state index in [-0.39, 0.29) is 5.91 Å². The highest BCUT2D eigenvalue weighted by Crippen LogP contribution is 2.07. The Labute approximate surface area is 88.0 Å². The van der Waals surface area contributed by atoms with Gasteiger partial charge in [0.05, 0.1) is 5.01 Å². The van der Waals surface area contributed by atoms with Gasteiger partial charge in [-0.25, -0.2) is 4.98 Å². The first kappa shape index (κ1) is 11.1.